The predicted octanol–water partition coefficient (Wildman–Crippen LogP) is -0.571. The van der Waals surface area contributed by atoms with Crippen LogP contribution in [0.25, 0.3) is 0 Å². The molecule has 4 nitrogen and oxygen atoms in total. The second-order valence-electron chi connectivity index (χ2n) is 1.35. The SMILES string of the molecule is CC(=O)OCCS(=O)[O-]. The summed E-state index contributed by atoms with van der Waals surface area (Å²) in [6.07, 6.45) is 0. The number of ether oxygens (including phenoxy) is 1. The first-order valence-corrected chi connectivity index (χ1v) is 3.56. The van der Waals surface area contributed by atoms with E-state index in [2.05, 4.69) is 4.74 Å². The monoisotopic (exact) mass is 151 g/mol. The first kappa shape index (κ1) is 8.58. The molecule has 0 N–H and O–H groups in total. The summed E-state index contributed by atoms with van der Waals surface area (Å²) in [6, 6.07) is 0. The second-order valence-corrected chi connectivity index (χ2v) is 2.36. The Morgan fingerprint density at radius 3 is 2.67 bits per heavy atom. The number of hydrogen-bond acceptors (Lipinski definition) is 4. The summed E-state index contributed by atoms with van der Waals surface area (Å²) in [6.45, 7) is 1.18. The highest BCUT2D eigenvalue weighted by Gasteiger charge is 1.90. The summed E-state index contributed by atoms with van der Waals surface area (Å²) in [7, 11) is 0. The Kier molecular flexibility index (Phi) is 4.25. The van der Waals surface area contributed by atoms with Gasteiger partial charge in [0.15, 0.2) is 0 Å². The van der Waals surface area contributed by atoms with Gasteiger partial charge in [0.05, 0.1) is 0 Å². The lowest BCUT2D eigenvalue weighted by atomic mass is 10.8. The number of rotatable bonds is 3. The molecule has 0 spiro atoms. The highest BCUT2D eigenvalue weighted by Crippen LogP contribution is 1.78. The molecule has 54 valence electrons. The second kappa shape index (κ2) is 4.46. The van der Waals surface area contributed by atoms with Crippen molar-refractivity contribution in [3.05, 3.63) is 0 Å². The van der Waals surface area contributed by atoms with Gasteiger partial charge in [0, 0.05) is 12.7 Å². The van der Waals surface area contributed by atoms with Crippen LogP contribution in [0.2, 0.25) is 0 Å². The summed E-state index contributed by atoms with van der Waals surface area (Å²) >= 11 is -2.11. The maximum absolute atomic E-state index is 10.0. The number of carbonyl (C=O) groups excluding carboxylic acids is 1. The van der Waals surface area contributed by atoms with Crippen molar-refractivity contribution in [2.24, 2.45) is 0 Å². The van der Waals surface area contributed by atoms with Crippen LogP contribution < -0.4 is 0 Å². The molecule has 0 bridgehead atoms. The molecule has 1 atom stereocenters. The zero-order valence-corrected chi connectivity index (χ0v) is 5.77. The Hall–Kier alpha value is -0.420. The van der Waals surface area contributed by atoms with Gasteiger partial charge in [-0.2, -0.15) is 0 Å². The van der Waals surface area contributed by atoms with Crippen molar-refractivity contribution in [1.29, 1.82) is 0 Å². The van der Waals surface area contributed by atoms with E-state index in [0.717, 1.165) is 0 Å². The van der Waals surface area contributed by atoms with Crippen LogP contribution in [0, 0.1) is 0 Å². The standard InChI is InChI=1S/C4H8O4S/c1-4(5)8-2-3-9(6)7/h2-3H2,1H3,(H,6,7)/p-1. The zero-order chi connectivity index (χ0) is 7.28. The molecule has 0 aromatic heterocycles. The number of carbonyl (C=O) groups is 1. The summed E-state index contributed by atoms with van der Waals surface area (Å²) in [5.74, 6) is -0.583. The zero-order valence-electron chi connectivity index (χ0n) is 4.96. The highest BCUT2D eigenvalue weighted by atomic mass is 32.2. The van der Waals surface area contributed by atoms with Gasteiger partial charge in [0.2, 0.25) is 0 Å². The van der Waals surface area contributed by atoms with E-state index in [1.165, 1.54) is 6.92 Å². The highest BCUT2D eigenvalue weighted by molar-refractivity contribution is 7.79. The lowest BCUT2D eigenvalue weighted by molar-refractivity contribution is -0.140. The smallest absolute Gasteiger partial charge is 0.302 e. The summed E-state index contributed by atoms with van der Waals surface area (Å²) in [5, 5.41) is 0. The summed E-state index contributed by atoms with van der Waals surface area (Å²) in [5.41, 5.74) is 0. The van der Waals surface area contributed by atoms with Gasteiger partial charge < -0.3 is 9.29 Å². The lowest BCUT2D eigenvalue weighted by Crippen LogP contribution is -2.08. The molecule has 1 unspecified atom stereocenters. The average molecular weight is 151 g/mol. The molecule has 0 aromatic carbocycles. The van der Waals surface area contributed by atoms with Crippen molar-refractivity contribution in [2.75, 3.05) is 12.4 Å². The minimum absolute atomic E-state index is 0.0502. The molecule has 0 aliphatic rings. The van der Waals surface area contributed by atoms with E-state index in [1.54, 1.807) is 0 Å². The average Bonchev–Trinajstić information content (AvgIpc) is 1.63. The Morgan fingerprint density at radius 2 is 2.33 bits per heavy atom. The summed E-state index contributed by atoms with van der Waals surface area (Å²) in [4.78, 5) is 10.0. The first-order chi connectivity index (χ1) is 4.13. The van der Waals surface area contributed by atoms with Gasteiger partial charge >= 0.3 is 5.97 Å². The van der Waals surface area contributed by atoms with Crippen molar-refractivity contribution in [3.8, 4) is 0 Å². The Labute approximate surface area is 55.5 Å². The van der Waals surface area contributed by atoms with Crippen molar-refractivity contribution in [3.63, 3.8) is 0 Å². The molecule has 0 heterocycles. The van der Waals surface area contributed by atoms with E-state index >= 15 is 0 Å². The van der Waals surface area contributed by atoms with Crippen LogP contribution >= 0.6 is 0 Å². The molecule has 5 heteroatoms. The maximum atomic E-state index is 10.0. The van der Waals surface area contributed by atoms with Gasteiger partial charge in [-0.25, -0.2) is 0 Å². The molecule has 0 fully saturated rings. The van der Waals surface area contributed by atoms with Crippen LogP contribution in [0.3, 0.4) is 0 Å². The van der Waals surface area contributed by atoms with Crippen molar-refractivity contribution >= 4 is 17.0 Å². The minimum Gasteiger partial charge on any atom is -0.772 e. The van der Waals surface area contributed by atoms with E-state index in [0.29, 0.717) is 0 Å². The third-order valence-corrected chi connectivity index (χ3v) is 1.06. The Morgan fingerprint density at radius 1 is 1.78 bits per heavy atom. The van der Waals surface area contributed by atoms with Crippen LogP contribution in [-0.4, -0.2) is 27.1 Å². The molecular weight excluding hydrogens is 144 g/mol. The quantitative estimate of drug-likeness (QED) is 0.400. The molecule has 0 saturated heterocycles. The van der Waals surface area contributed by atoms with Crippen molar-refractivity contribution in [2.45, 2.75) is 6.92 Å². The number of esters is 1. The lowest BCUT2D eigenvalue weighted by Gasteiger charge is -2.03. The topological polar surface area (TPSA) is 66.4 Å². The maximum Gasteiger partial charge on any atom is 0.302 e. The Bertz CT molecular complexity index is 108. The van der Waals surface area contributed by atoms with E-state index in [4.69, 9.17) is 0 Å². The fraction of sp³-hybridized carbons (Fsp3) is 0.750. The first-order valence-electron chi connectivity index (χ1n) is 2.32. The van der Waals surface area contributed by atoms with Crippen LogP contribution in [0.15, 0.2) is 0 Å². The van der Waals surface area contributed by atoms with E-state index in [9.17, 15) is 13.6 Å². The molecule has 0 saturated carbocycles. The van der Waals surface area contributed by atoms with E-state index < -0.39 is 17.0 Å². The van der Waals surface area contributed by atoms with Gasteiger partial charge in [-0.1, -0.05) is 11.1 Å². The minimum atomic E-state index is -2.11. The van der Waals surface area contributed by atoms with Gasteiger partial charge in [0.25, 0.3) is 0 Å². The van der Waals surface area contributed by atoms with Gasteiger partial charge in [-0.15, -0.1) is 0 Å². The Balaban J connectivity index is 3.10. The molecule has 0 aliphatic heterocycles. The largest absolute Gasteiger partial charge is 0.772 e. The van der Waals surface area contributed by atoms with Crippen molar-refractivity contribution in [1.82, 2.24) is 0 Å². The van der Waals surface area contributed by atoms with Gasteiger partial charge in [0.1, 0.15) is 6.61 Å². The van der Waals surface area contributed by atoms with Crippen molar-refractivity contribution < 1.29 is 18.3 Å². The van der Waals surface area contributed by atoms with Crippen LogP contribution in [-0.2, 0) is 20.6 Å². The van der Waals surface area contributed by atoms with Crippen LogP contribution in [0.1, 0.15) is 6.92 Å². The molecular formula is C4H7O4S-. The van der Waals surface area contributed by atoms with E-state index in [-0.39, 0.29) is 12.4 Å². The number of hydrogen-bond donors (Lipinski definition) is 0. The molecule has 0 amide bonds. The predicted molar refractivity (Wildman–Crippen MR) is 30.4 cm³/mol. The van der Waals surface area contributed by atoms with E-state index in [1.807, 2.05) is 0 Å². The van der Waals surface area contributed by atoms with Crippen LogP contribution in [0.4, 0.5) is 0 Å². The normalized spacial score (nSPS) is 12.7. The fourth-order valence-electron chi connectivity index (χ4n) is 0.253. The third-order valence-electron chi connectivity index (χ3n) is 0.555. The molecule has 0 aromatic rings. The third kappa shape index (κ3) is 7.58. The molecule has 9 heavy (non-hydrogen) atoms. The fourth-order valence-corrected chi connectivity index (χ4v) is 0.473. The summed E-state index contributed by atoms with van der Waals surface area (Å²) < 4.78 is 23.9. The molecule has 0 aliphatic carbocycles. The molecule has 0 rings (SSSR count). The molecule has 0 radical (unpaired) electrons. The van der Waals surface area contributed by atoms with Gasteiger partial charge in [-0.3, -0.25) is 9.00 Å². The van der Waals surface area contributed by atoms with Gasteiger partial charge in [-0.05, 0) is 0 Å². The van der Waals surface area contributed by atoms with Crippen LogP contribution in [0.5, 0.6) is 0 Å².